The van der Waals surface area contributed by atoms with E-state index in [-0.39, 0.29) is 11.8 Å². The van der Waals surface area contributed by atoms with Crippen molar-refractivity contribution in [3.8, 4) is 16.3 Å². The Morgan fingerprint density at radius 3 is 2.58 bits per heavy atom. The summed E-state index contributed by atoms with van der Waals surface area (Å²) in [4.78, 5) is 25.5. The van der Waals surface area contributed by atoms with E-state index >= 15 is 0 Å². The number of benzene rings is 2. The molecule has 0 radical (unpaired) electrons. The summed E-state index contributed by atoms with van der Waals surface area (Å²) in [6.45, 7) is 3.82. The van der Waals surface area contributed by atoms with Gasteiger partial charge in [0.05, 0.1) is 17.2 Å². The number of halogens is 2. The lowest BCUT2D eigenvalue weighted by molar-refractivity contribution is -0.119. The number of nitrogens with zero attached hydrogens (tertiary/aromatic N) is 2. The van der Waals surface area contributed by atoms with Crippen molar-refractivity contribution >= 4 is 57.3 Å². The van der Waals surface area contributed by atoms with Gasteiger partial charge < -0.3 is 15.4 Å². The lowest BCUT2D eigenvalue weighted by Crippen LogP contribution is -2.49. The molecule has 0 aliphatic rings. The summed E-state index contributed by atoms with van der Waals surface area (Å²) in [5.74, 6) is 0.180. The second-order valence-electron chi connectivity index (χ2n) is 7.22. The van der Waals surface area contributed by atoms with Crippen molar-refractivity contribution in [3.63, 3.8) is 0 Å². The minimum atomic E-state index is -0.790. The second kappa shape index (κ2) is 11.3. The zero-order chi connectivity index (χ0) is 24.0. The van der Waals surface area contributed by atoms with Crippen molar-refractivity contribution in [1.82, 2.24) is 15.5 Å². The highest BCUT2D eigenvalue weighted by atomic mass is 35.5. The maximum Gasteiger partial charge on any atom is 0.319 e. The first-order valence-corrected chi connectivity index (χ1v) is 11.7. The van der Waals surface area contributed by atoms with Gasteiger partial charge in [-0.3, -0.25) is 10.1 Å². The van der Waals surface area contributed by atoms with E-state index in [0.717, 1.165) is 5.56 Å². The first-order valence-electron chi connectivity index (χ1n) is 10.1. The molecule has 3 rings (SSSR count). The number of carbonyl (C=O) groups excluding carboxylic acids is 2. The predicted molar refractivity (Wildman–Crippen MR) is 132 cm³/mol. The summed E-state index contributed by atoms with van der Waals surface area (Å²) >= 11 is 13.1. The van der Waals surface area contributed by atoms with Crippen molar-refractivity contribution in [2.75, 3.05) is 17.7 Å². The molecule has 2 aromatic carbocycles. The van der Waals surface area contributed by atoms with E-state index in [9.17, 15) is 9.59 Å². The van der Waals surface area contributed by atoms with Crippen LogP contribution in [0, 0.1) is 5.92 Å². The number of carbonyl (C=O) groups is 2. The van der Waals surface area contributed by atoms with Crippen LogP contribution in [0.25, 0.3) is 10.6 Å². The molecule has 0 saturated carbocycles. The van der Waals surface area contributed by atoms with Crippen molar-refractivity contribution in [2.45, 2.75) is 26.3 Å². The molecule has 0 spiro atoms. The third-order valence-corrected chi connectivity index (χ3v) is 6.56. The Bertz CT molecular complexity index is 1140. The summed E-state index contributed by atoms with van der Waals surface area (Å²) in [7, 11) is 1.59. The van der Waals surface area contributed by atoms with Crippen LogP contribution in [0.3, 0.4) is 0 Å². The average Bonchev–Trinajstić information content (AvgIpc) is 3.27. The van der Waals surface area contributed by atoms with E-state index in [1.807, 2.05) is 38.1 Å². The fourth-order valence-corrected chi connectivity index (χ4v) is 3.95. The maximum atomic E-state index is 13.0. The summed E-state index contributed by atoms with van der Waals surface area (Å²) in [6, 6.07) is 10.8. The highest BCUT2D eigenvalue weighted by molar-refractivity contribution is 7.18. The van der Waals surface area contributed by atoms with Crippen LogP contribution < -0.4 is 20.7 Å². The molecule has 11 heteroatoms. The minimum absolute atomic E-state index is 0.129. The monoisotopic (exact) mass is 507 g/mol. The van der Waals surface area contributed by atoms with Crippen LogP contribution in [0.5, 0.6) is 5.75 Å². The van der Waals surface area contributed by atoms with Gasteiger partial charge in [0.15, 0.2) is 0 Å². The van der Waals surface area contributed by atoms with Crippen LogP contribution in [0.1, 0.15) is 20.3 Å². The summed E-state index contributed by atoms with van der Waals surface area (Å²) in [6.07, 6.45) is 0.677. The molecule has 2 atom stereocenters. The van der Waals surface area contributed by atoms with Crippen LogP contribution in [0.15, 0.2) is 42.5 Å². The van der Waals surface area contributed by atoms with Gasteiger partial charge in [-0.1, -0.05) is 66.9 Å². The molecular weight excluding hydrogens is 485 g/mol. The first-order chi connectivity index (χ1) is 15.8. The normalized spacial score (nSPS) is 12.5. The number of amides is 3. The Morgan fingerprint density at radius 2 is 1.88 bits per heavy atom. The SMILES string of the molecule is CCC(C)C(NC(=O)Nc1ccc(Cl)c(Cl)c1)C(=O)Nc1nnc(-c2cccc(OC)c2)s1. The quantitative estimate of drug-likeness (QED) is 0.362. The van der Waals surface area contributed by atoms with Gasteiger partial charge in [-0.15, -0.1) is 10.2 Å². The van der Waals surface area contributed by atoms with Gasteiger partial charge in [0, 0.05) is 11.3 Å². The molecular formula is C22H23Cl2N5O3S. The molecule has 1 heterocycles. The Morgan fingerprint density at radius 1 is 1.09 bits per heavy atom. The third-order valence-electron chi connectivity index (χ3n) is 4.93. The number of hydrogen-bond donors (Lipinski definition) is 3. The number of hydrogen-bond acceptors (Lipinski definition) is 6. The largest absolute Gasteiger partial charge is 0.497 e. The van der Waals surface area contributed by atoms with Crippen LogP contribution >= 0.6 is 34.5 Å². The molecule has 174 valence electrons. The number of ether oxygens (including phenoxy) is 1. The second-order valence-corrected chi connectivity index (χ2v) is 9.02. The molecule has 3 N–H and O–H groups in total. The lowest BCUT2D eigenvalue weighted by Gasteiger charge is -2.23. The van der Waals surface area contributed by atoms with E-state index in [2.05, 4.69) is 26.1 Å². The van der Waals surface area contributed by atoms with E-state index < -0.39 is 12.1 Å². The molecule has 33 heavy (non-hydrogen) atoms. The van der Waals surface area contributed by atoms with Crippen molar-refractivity contribution < 1.29 is 14.3 Å². The van der Waals surface area contributed by atoms with Gasteiger partial charge in [0.1, 0.15) is 16.8 Å². The molecule has 0 bridgehead atoms. The average molecular weight is 508 g/mol. The maximum absolute atomic E-state index is 13.0. The van der Waals surface area contributed by atoms with E-state index in [0.29, 0.717) is 38.0 Å². The lowest BCUT2D eigenvalue weighted by atomic mass is 9.98. The van der Waals surface area contributed by atoms with Gasteiger partial charge in [0.2, 0.25) is 11.0 Å². The van der Waals surface area contributed by atoms with Gasteiger partial charge in [0.25, 0.3) is 0 Å². The van der Waals surface area contributed by atoms with Crippen LogP contribution in [0.4, 0.5) is 15.6 Å². The number of aromatic nitrogens is 2. The van der Waals surface area contributed by atoms with Crippen molar-refractivity contribution in [2.24, 2.45) is 5.92 Å². The zero-order valence-electron chi connectivity index (χ0n) is 18.2. The van der Waals surface area contributed by atoms with Gasteiger partial charge in [-0.05, 0) is 36.2 Å². The molecule has 0 fully saturated rings. The molecule has 0 saturated heterocycles. The molecule has 1 aromatic heterocycles. The molecule has 3 aromatic rings. The van der Waals surface area contributed by atoms with E-state index in [1.165, 1.54) is 17.4 Å². The van der Waals surface area contributed by atoms with Crippen LogP contribution in [0.2, 0.25) is 10.0 Å². The third kappa shape index (κ3) is 6.56. The topological polar surface area (TPSA) is 105 Å². The fourth-order valence-electron chi connectivity index (χ4n) is 2.91. The number of rotatable bonds is 8. The van der Waals surface area contributed by atoms with Crippen molar-refractivity contribution in [1.29, 1.82) is 0 Å². The molecule has 2 unspecified atom stereocenters. The fraction of sp³-hybridized carbons (Fsp3) is 0.273. The summed E-state index contributed by atoms with van der Waals surface area (Å²) in [5, 5.41) is 18.0. The van der Waals surface area contributed by atoms with Gasteiger partial charge >= 0.3 is 6.03 Å². The van der Waals surface area contributed by atoms with Crippen molar-refractivity contribution in [3.05, 3.63) is 52.5 Å². The number of nitrogens with one attached hydrogen (secondary N) is 3. The number of urea groups is 1. The van der Waals surface area contributed by atoms with Gasteiger partial charge in [-0.25, -0.2) is 4.79 Å². The Kier molecular flexibility index (Phi) is 8.49. The van der Waals surface area contributed by atoms with Crippen LogP contribution in [-0.2, 0) is 4.79 Å². The smallest absolute Gasteiger partial charge is 0.319 e. The molecule has 0 aliphatic heterocycles. The zero-order valence-corrected chi connectivity index (χ0v) is 20.5. The minimum Gasteiger partial charge on any atom is -0.497 e. The van der Waals surface area contributed by atoms with E-state index in [4.69, 9.17) is 27.9 Å². The first kappa shape index (κ1) is 24.8. The number of methoxy groups -OCH3 is 1. The highest BCUT2D eigenvalue weighted by Gasteiger charge is 2.27. The number of anilines is 2. The van der Waals surface area contributed by atoms with E-state index in [1.54, 1.807) is 19.2 Å². The molecule has 3 amide bonds. The Balaban J connectivity index is 1.68. The standard InChI is InChI=1S/C22H23Cl2N5O3S/c1-4-12(2)18(26-21(31)25-14-8-9-16(23)17(24)11-14)19(30)27-22-29-28-20(33-22)13-6-5-7-15(10-13)32-3/h5-12,18H,4H2,1-3H3,(H2,25,26,31)(H,27,29,30). The Hall–Kier alpha value is -2.88. The van der Waals surface area contributed by atoms with Crippen LogP contribution in [-0.4, -0.2) is 35.3 Å². The molecule has 8 nitrogen and oxygen atoms in total. The summed E-state index contributed by atoms with van der Waals surface area (Å²) < 4.78 is 5.24. The summed E-state index contributed by atoms with van der Waals surface area (Å²) in [5.41, 5.74) is 1.28. The predicted octanol–water partition coefficient (Wildman–Crippen LogP) is 5.70. The highest BCUT2D eigenvalue weighted by Crippen LogP contribution is 2.29. The molecule has 0 aliphatic carbocycles. The Labute approximate surface area is 205 Å². The van der Waals surface area contributed by atoms with Gasteiger partial charge in [-0.2, -0.15) is 0 Å².